The predicted molar refractivity (Wildman–Crippen MR) is 360 cm³/mol. The van der Waals surface area contributed by atoms with E-state index in [1.54, 1.807) is 0 Å². The topological polar surface area (TPSA) is 155 Å². The maximum Gasteiger partial charge on any atom is 4.00 e. The summed E-state index contributed by atoms with van der Waals surface area (Å²) < 4.78 is 0. The molecule has 0 atom stereocenters. The van der Waals surface area contributed by atoms with Gasteiger partial charge in [0.05, 0.1) is 0 Å². The van der Waals surface area contributed by atoms with Gasteiger partial charge in [0.15, 0.2) is 0 Å². The monoisotopic (exact) mass is 1300 g/mol. The average molecular weight is 1300 g/mol. The summed E-state index contributed by atoms with van der Waals surface area (Å²) in [6.07, 6.45) is 67.3. The van der Waals surface area contributed by atoms with Gasteiger partial charge in [-0.15, -0.1) is 0 Å². The zero-order valence-corrected chi connectivity index (χ0v) is 59.2. The van der Waals surface area contributed by atoms with Crippen LogP contribution in [0.2, 0.25) is 0 Å². The molecule has 0 saturated heterocycles. The van der Waals surface area contributed by atoms with Crippen LogP contribution in [0.15, 0.2) is 41.4 Å². The molecular weight excluding hydrogens is 1180 g/mol. The van der Waals surface area contributed by atoms with E-state index in [1.807, 2.05) is 0 Å². The number of nitrogens with zero attached hydrogens (tertiary/aromatic N) is 12. The van der Waals surface area contributed by atoms with Crippen molar-refractivity contribution in [2.45, 2.75) is 353 Å². The first-order chi connectivity index (χ1) is 44.7. The number of rotatable bonds is 12. The molecule has 32 rings (SSSR count). The van der Waals surface area contributed by atoms with Crippen molar-refractivity contribution >= 4 is 0 Å². The summed E-state index contributed by atoms with van der Waals surface area (Å²) in [7, 11) is 0. The molecule has 32 bridgehead atoms. The van der Waals surface area contributed by atoms with E-state index in [1.165, 1.54) is 308 Å². The Morgan fingerprint density at radius 1 is 0.151 bits per heavy atom. The van der Waals surface area contributed by atoms with E-state index in [9.17, 15) is 0 Å². The second-order valence-electron chi connectivity index (χ2n) is 42.3. The first-order valence-corrected chi connectivity index (χ1v) is 41.3. The van der Waals surface area contributed by atoms with Crippen molar-refractivity contribution < 1.29 is 21.7 Å². The van der Waals surface area contributed by atoms with Crippen molar-refractivity contribution in [2.75, 3.05) is 0 Å². The molecule has 0 N–H and O–H groups in total. The van der Waals surface area contributed by atoms with Gasteiger partial charge in [-0.05, 0) is 495 Å². The summed E-state index contributed by atoms with van der Waals surface area (Å²) in [5, 5.41) is 38.2. The molecular formula is C80H120N12Ti. The van der Waals surface area contributed by atoms with Gasteiger partial charge >= 0.3 is 21.7 Å². The largest absolute Gasteiger partial charge is 4.00 e. The van der Waals surface area contributed by atoms with Crippen LogP contribution in [0.1, 0.15) is 308 Å². The standard InChI is InChI=1S/4C20H30N3.Ti/c4*1-13-2-15-3-14(1)8-19(7-13,9-15)21-23-22-20-10-16-4-17(11-20)6-18(5-16)12-20;/h4*13-18H,1-12H2;/q4*-1;+4. The van der Waals surface area contributed by atoms with Crippen molar-refractivity contribution in [3.63, 3.8) is 0 Å². The predicted octanol–water partition coefficient (Wildman–Crippen LogP) is 22.7. The molecule has 0 spiro atoms. The minimum atomic E-state index is 0. The third-order valence-electron chi connectivity index (χ3n) is 34.1. The van der Waals surface area contributed by atoms with Gasteiger partial charge < -0.3 is 42.2 Å². The van der Waals surface area contributed by atoms with Gasteiger partial charge in [0, 0.05) is 0 Å². The van der Waals surface area contributed by atoms with Gasteiger partial charge in [-0.1, -0.05) is 0 Å². The van der Waals surface area contributed by atoms with Crippen LogP contribution < -0.4 is 0 Å². The van der Waals surface area contributed by atoms with Crippen molar-refractivity contribution in [1.82, 2.24) is 0 Å². The average Bonchev–Trinajstić information content (AvgIpc) is 0.795. The van der Waals surface area contributed by atoms with E-state index in [0.717, 1.165) is 142 Å². The van der Waals surface area contributed by atoms with Crippen molar-refractivity contribution in [3.8, 4) is 0 Å². The zero-order valence-electron chi connectivity index (χ0n) is 57.7. The van der Waals surface area contributed by atoms with E-state index in [0.29, 0.717) is 0 Å². The molecule has 32 aliphatic carbocycles. The molecule has 0 aliphatic heterocycles. The minimum Gasteiger partial charge on any atom is -0.375 e. The summed E-state index contributed by atoms with van der Waals surface area (Å²) in [5.41, 5.74) is 21.5. The van der Waals surface area contributed by atoms with Gasteiger partial charge in [0.1, 0.15) is 0 Å². The first kappa shape index (κ1) is 61.2. The fourth-order valence-corrected chi connectivity index (χ4v) is 34.3. The molecule has 0 heterocycles. The normalized spacial score (nSPS) is 58.5. The fraction of sp³-hybridized carbons (Fsp3) is 1.00. The minimum absolute atomic E-state index is 0. The molecule has 93 heavy (non-hydrogen) atoms. The van der Waals surface area contributed by atoms with E-state index < -0.39 is 0 Å². The van der Waals surface area contributed by atoms with Crippen LogP contribution in [-0.4, -0.2) is 44.3 Å². The SMILES string of the molecule is C1C2CC3CC1CC(N=N[N-]C14CC5CC(CC(C5)C1)C4)(C2)C3.C1C2CC3CC1CC(N=N[N-]C14CC5CC(CC(C5)C1)C4)(C2)C3.C1C2CC3CC1CC(N=N[N-]C14CC5CC(CC(C5)C1)C4)(C2)C3.C1C2CC3CC1CC(N=N[N-]C14CC5CC(CC(C5)C1)C4)(C2)C3.[Ti+4]. The van der Waals surface area contributed by atoms with Crippen LogP contribution in [0.4, 0.5) is 0 Å². The molecule has 504 valence electrons. The quantitative estimate of drug-likeness (QED) is 0.104. The summed E-state index contributed by atoms with van der Waals surface area (Å²) >= 11 is 0. The van der Waals surface area contributed by atoms with Crippen LogP contribution in [0.5, 0.6) is 0 Å². The third-order valence-corrected chi connectivity index (χ3v) is 34.1. The maximum atomic E-state index is 4.95. The molecule has 32 saturated carbocycles. The van der Waals surface area contributed by atoms with Crippen molar-refractivity contribution in [1.29, 1.82) is 0 Å². The molecule has 32 aliphatic rings. The number of hydrogen-bond donors (Lipinski definition) is 0. The van der Waals surface area contributed by atoms with Gasteiger partial charge in [-0.3, -0.25) is 20.9 Å². The second kappa shape index (κ2) is 22.7. The Kier molecular flexibility index (Phi) is 14.9. The molecule has 0 unspecified atom stereocenters. The van der Waals surface area contributed by atoms with Crippen LogP contribution >= 0.6 is 0 Å². The van der Waals surface area contributed by atoms with Crippen molar-refractivity contribution in [3.05, 3.63) is 21.7 Å². The molecule has 0 aromatic heterocycles. The van der Waals surface area contributed by atoms with Crippen LogP contribution in [0.3, 0.4) is 0 Å². The fourth-order valence-electron chi connectivity index (χ4n) is 34.3. The Labute approximate surface area is 575 Å². The Hall–Kier alpha value is -1.69. The Morgan fingerprint density at radius 3 is 0.355 bits per heavy atom. The van der Waals surface area contributed by atoms with E-state index >= 15 is 0 Å². The summed E-state index contributed by atoms with van der Waals surface area (Å²) in [4.78, 5) is 0. The van der Waals surface area contributed by atoms with Crippen LogP contribution in [-0.2, 0) is 21.7 Å². The van der Waals surface area contributed by atoms with Gasteiger partial charge in [0.2, 0.25) is 0 Å². The first-order valence-electron chi connectivity index (χ1n) is 41.3. The number of hydrogen-bond acceptors (Lipinski definition) is 8. The van der Waals surface area contributed by atoms with E-state index in [2.05, 4.69) is 20.9 Å². The molecule has 0 aromatic rings. The second-order valence-corrected chi connectivity index (χ2v) is 42.3. The van der Waals surface area contributed by atoms with Crippen LogP contribution in [0, 0.1) is 142 Å². The molecule has 12 nitrogen and oxygen atoms in total. The molecule has 13 heteroatoms. The smallest absolute Gasteiger partial charge is 0.375 e. The van der Waals surface area contributed by atoms with E-state index in [4.69, 9.17) is 42.2 Å². The maximum absolute atomic E-state index is 4.95. The van der Waals surface area contributed by atoms with Crippen molar-refractivity contribution in [2.24, 2.45) is 183 Å². The van der Waals surface area contributed by atoms with Crippen LogP contribution in [0.25, 0.3) is 21.7 Å². The Balaban J connectivity index is 0.0000000853. The molecule has 32 fully saturated rings. The van der Waals surface area contributed by atoms with Gasteiger partial charge in [-0.25, -0.2) is 0 Å². The zero-order chi connectivity index (χ0) is 60.3. The van der Waals surface area contributed by atoms with Gasteiger partial charge in [-0.2, -0.15) is 0 Å². The summed E-state index contributed by atoms with van der Waals surface area (Å²) in [6, 6.07) is 0. The summed E-state index contributed by atoms with van der Waals surface area (Å²) in [5.74, 6) is 23.0. The molecule has 0 aromatic carbocycles. The molecule has 0 amide bonds. The summed E-state index contributed by atoms with van der Waals surface area (Å²) in [6.45, 7) is 0. The van der Waals surface area contributed by atoms with E-state index in [-0.39, 0.29) is 66.0 Å². The Bertz CT molecular complexity index is 2260. The molecule has 0 radical (unpaired) electrons. The third kappa shape index (κ3) is 11.6. The Morgan fingerprint density at radius 2 is 0.247 bits per heavy atom. The van der Waals surface area contributed by atoms with Gasteiger partial charge in [0.25, 0.3) is 0 Å².